The number of benzene rings is 1. The number of thiazole rings is 1. The van der Waals surface area contributed by atoms with E-state index < -0.39 is 0 Å². The molecule has 1 saturated carbocycles. The highest BCUT2D eigenvalue weighted by atomic mass is 32.1. The van der Waals surface area contributed by atoms with E-state index in [2.05, 4.69) is 24.1 Å². The monoisotopic (exact) mass is 371 g/mol. The van der Waals surface area contributed by atoms with E-state index in [1.807, 2.05) is 35.2 Å². The van der Waals surface area contributed by atoms with Gasteiger partial charge in [0.05, 0.1) is 0 Å². The van der Waals surface area contributed by atoms with Gasteiger partial charge in [0.25, 0.3) is 5.91 Å². The van der Waals surface area contributed by atoms with E-state index in [4.69, 9.17) is 0 Å². The summed E-state index contributed by atoms with van der Waals surface area (Å²) in [6.07, 6.45) is 3.25. The predicted molar refractivity (Wildman–Crippen MR) is 104 cm³/mol. The third kappa shape index (κ3) is 4.12. The second kappa shape index (κ2) is 7.58. The normalized spacial score (nSPS) is 18.5. The molecule has 1 atom stereocenters. The van der Waals surface area contributed by atoms with Crippen LogP contribution in [0.4, 0.5) is 5.13 Å². The van der Waals surface area contributed by atoms with Crippen LogP contribution in [-0.4, -0.2) is 27.7 Å². The Morgan fingerprint density at radius 1 is 1.31 bits per heavy atom. The van der Waals surface area contributed by atoms with E-state index in [-0.39, 0.29) is 23.3 Å². The van der Waals surface area contributed by atoms with Crippen LogP contribution in [0.5, 0.6) is 0 Å². The van der Waals surface area contributed by atoms with Crippen molar-refractivity contribution in [3.05, 3.63) is 47.0 Å². The molecule has 6 heteroatoms. The standard InChI is InChI=1S/C20H25N3O2S/c1-14(24)21-19-22-16(13-26-19)18(25)23(12-15-8-5-4-6-9-15)17-10-7-11-20(17,2)3/h4-6,8-9,13,17H,7,10-12H2,1-3H3,(H,21,22,24)/t17-/m0/s1. The van der Waals surface area contributed by atoms with Crippen LogP contribution in [0.3, 0.4) is 0 Å². The zero-order valence-corrected chi connectivity index (χ0v) is 16.3. The van der Waals surface area contributed by atoms with Crippen molar-refractivity contribution in [3.63, 3.8) is 0 Å². The van der Waals surface area contributed by atoms with Crippen molar-refractivity contribution in [2.24, 2.45) is 5.41 Å². The molecule has 0 unspecified atom stereocenters. The Balaban J connectivity index is 1.88. The van der Waals surface area contributed by atoms with Gasteiger partial charge in [-0.1, -0.05) is 50.6 Å². The first-order valence-electron chi connectivity index (χ1n) is 8.95. The van der Waals surface area contributed by atoms with Crippen molar-refractivity contribution in [2.75, 3.05) is 5.32 Å². The van der Waals surface area contributed by atoms with Gasteiger partial charge in [0.1, 0.15) is 5.69 Å². The zero-order chi connectivity index (χ0) is 18.7. The van der Waals surface area contributed by atoms with Crippen LogP contribution in [0, 0.1) is 5.41 Å². The minimum atomic E-state index is -0.184. The summed E-state index contributed by atoms with van der Waals surface area (Å²) in [5, 5.41) is 4.85. The molecule has 3 rings (SSSR count). The van der Waals surface area contributed by atoms with E-state index in [9.17, 15) is 9.59 Å². The van der Waals surface area contributed by atoms with Gasteiger partial charge in [0.2, 0.25) is 5.91 Å². The summed E-state index contributed by atoms with van der Waals surface area (Å²) in [6, 6.07) is 10.2. The summed E-state index contributed by atoms with van der Waals surface area (Å²) in [5.74, 6) is -0.252. The Morgan fingerprint density at radius 3 is 2.65 bits per heavy atom. The lowest BCUT2D eigenvalue weighted by atomic mass is 9.86. The van der Waals surface area contributed by atoms with Crippen LogP contribution >= 0.6 is 11.3 Å². The van der Waals surface area contributed by atoms with Crippen LogP contribution in [-0.2, 0) is 11.3 Å². The third-order valence-electron chi connectivity index (χ3n) is 5.04. The molecule has 0 saturated heterocycles. The van der Waals surface area contributed by atoms with Crippen molar-refractivity contribution >= 4 is 28.3 Å². The third-order valence-corrected chi connectivity index (χ3v) is 5.80. The first kappa shape index (κ1) is 18.6. The molecule has 138 valence electrons. The molecule has 1 aliphatic carbocycles. The highest BCUT2D eigenvalue weighted by Crippen LogP contribution is 2.41. The summed E-state index contributed by atoms with van der Waals surface area (Å²) in [4.78, 5) is 30.8. The maximum absolute atomic E-state index is 13.3. The number of rotatable bonds is 5. The number of carbonyl (C=O) groups excluding carboxylic acids is 2. The van der Waals surface area contributed by atoms with Crippen molar-refractivity contribution in [3.8, 4) is 0 Å². The van der Waals surface area contributed by atoms with Gasteiger partial charge in [-0.05, 0) is 23.8 Å². The summed E-state index contributed by atoms with van der Waals surface area (Å²) >= 11 is 1.28. The number of hydrogen-bond donors (Lipinski definition) is 1. The topological polar surface area (TPSA) is 62.3 Å². The minimum Gasteiger partial charge on any atom is -0.329 e. The number of carbonyl (C=O) groups is 2. The lowest BCUT2D eigenvalue weighted by molar-refractivity contribution is -0.114. The molecule has 2 amide bonds. The molecular formula is C20H25N3O2S. The minimum absolute atomic E-state index is 0.0679. The highest BCUT2D eigenvalue weighted by molar-refractivity contribution is 7.14. The highest BCUT2D eigenvalue weighted by Gasteiger charge is 2.41. The number of hydrogen-bond acceptors (Lipinski definition) is 4. The molecule has 5 nitrogen and oxygen atoms in total. The van der Waals surface area contributed by atoms with Gasteiger partial charge in [-0.3, -0.25) is 9.59 Å². The molecule has 1 heterocycles. The number of anilines is 1. The van der Waals surface area contributed by atoms with Crippen LogP contribution in [0.15, 0.2) is 35.7 Å². The molecule has 0 bridgehead atoms. The van der Waals surface area contributed by atoms with Crippen LogP contribution in [0.25, 0.3) is 0 Å². The summed E-state index contributed by atoms with van der Waals surface area (Å²) < 4.78 is 0. The summed E-state index contributed by atoms with van der Waals surface area (Å²) in [5.41, 5.74) is 1.60. The molecule has 0 spiro atoms. The maximum atomic E-state index is 13.3. The molecule has 26 heavy (non-hydrogen) atoms. The Bertz CT molecular complexity index is 785. The molecule has 1 aromatic carbocycles. The average Bonchev–Trinajstić information content (AvgIpc) is 3.18. The SMILES string of the molecule is CC(=O)Nc1nc(C(=O)N(Cc2ccccc2)[C@H]2CCCC2(C)C)cs1. The van der Waals surface area contributed by atoms with Gasteiger partial charge < -0.3 is 10.2 Å². The van der Waals surface area contributed by atoms with Gasteiger partial charge in [-0.25, -0.2) is 4.98 Å². The van der Waals surface area contributed by atoms with E-state index in [0.29, 0.717) is 17.4 Å². The Morgan fingerprint density at radius 2 is 2.04 bits per heavy atom. The lowest BCUT2D eigenvalue weighted by Gasteiger charge is -2.37. The summed E-state index contributed by atoms with van der Waals surface area (Å²) in [6.45, 7) is 6.48. The molecule has 0 radical (unpaired) electrons. The van der Waals surface area contributed by atoms with E-state index >= 15 is 0 Å². The van der Waals surface area contributed by atoms with E-state index in [1.54, 1.807) is 5.38 Å². The smallest absolute Gasteiger partial charge is 0.273 e. The Labute approximate surface area is 158 Å². The first-order chi connectivity index (χ1) is 12.4. The first-order valence-corrected chi connectivity index (χ1v) is 9.83. The van der Waals surface area contributed by atoms with Crippen LogP contribution in [0.2, 0.25) is 0 Å². The molecular weight excluding hydrogens is 346 g/mol. The zero-order valence-electron chi connectivity index (χ0n) is 15.5. The molecule has 2 aromatic rings. The van der Waals surface area contributed by atoms with Crippen molar-refractivity contribution in [1.29, 1.82) is 0 Å². The quantitative estimate of drug-likeness (QED) is 0.851. The van der Waals surface area contributed by atoms with Crippen molar-refractivity contribution in [2.45, 2.75) is 52.6 Å². The van der Waals surface area contributed by atoms with E-state index in [0.717, 1.165) is 24.8 Å². The largest absolute Gasteiger partial charge is 0.329 e. The van der Waals surface area contributed by atoms with Gasteiger partial charge in [-0.15, -0.1) is 11.3 Å². The second-order valence-electron chi connectivity index (χ2n) is 7.53. The second-order valence-corrected chi connectivity index (χ2v) is 8.39. The van der Waals surface area contributed by atoms with Crippen molar-refractivity contribution < 1.29 is 9.59 Å². The van der Waals surface area contributed by atoms with Crippen molar-refractivity contribution in [1.82, 2.24) is 9.88 Å². The van der Waals surface area contributed by atoms with Gasteiger partial charge in [-0.2, -0.15) is 0 Å². The lowest BCUT2D eigenvalue weighted by Crippen LogP contribution is -2.45. The van der Waals surface area contributed by atoms with E-state index in [1.165, 1.54) is 18.3 Å². The Hall–Kier alpha value is -2.21. The maximum Gasteiger partial charge on any atom is 0.273 e. The summed E-state index contributed by atoms with van der Waals surface area (Å²) in [7, 11) is 0. The number of nitrogens with zero attached hydrogens (tertiary/aromatic N) is 2. The fourth-order valence-electron chi connectivity index (χ4n) is 3.72. The Kier molecular flexibility index (Phi) is 5.41. The van der Waals surface area contributed by atoms with Crippen LogP contribution in [0.1, 0.15) is 56.1 Å². The number of nitrogens with one attached hydrogen (secondary N) is 1. The fraction of sp³-hybridized carbons (Fsp3) is 0.450. The molecule has 1 fully saturated rings. The van der Waals surface area contributed by atoms with Crippen LogP contribution < -0.4 is 5.32 Å². The molecule has 0 aliphatic heterocycles. The molecule has 1 aliphatic rings. The molecule has 1 N–H and O–H groups in total. The fourth-order valence-corrected chi connectivity index (χ4v) is 4.45. The number of aromatic nitrogens is 1. The predicted octanol–water partition coefficient (Wildman–Crippen LogP) is 4.32. The van der Waals surface area contributed by atoms with Gasteiger partial charge >= 0.3 is 0 Å². The van der Waals surface area contributed by atoms with Gasteiger partial charge in [0.15, 0.2) is 5.13 Å². The van der Waals surface area contributed by atoms with Gasteiger partial charge in [0, 0.05) is 24.9 Å². The number of amides is 2. The average molecular weight is 372 g/mol. The molecule has 1 aromatic heterocycles.